The van der Waals surface area contributed by atoms with Gasteiger partial charge in [0.05, 0.1) is 30.3 Å². The highest BCUT2D eigenvalue weighted by atomic mass is 79.9. The van der Waals surface area contributed by atoms with Gasteiger partial charge in [-0.2, -0.15) is 5.26 Å². The number of nitro groups is 1. The van der Waals surface area contributed by atoms with E-state index in [0.29, 0.717) is 34.8 Å². The topological polar surface area (TPSA) is 85.4 Å². The molecule has 0 aromatic heterocycles. The van der Waals surface area contributed by atoms with Crippen LogP contribution in [0.1, 0.15) is 18.1 Å². The first-order valence-corrected chi connectivity index (χ1v) is 8.16. The molecule has 128 valence electrons. The minimum Gasteiger partial charge on any atom is -0.493 e. The van der Waals surface area contributed by atoms with Gasteiger partial charge < -0.3 is 9.47 Å². The lowest BCUT2D eigenvalue weighted by atomic mass is 10.0. The van der Waals surface area contributed by atoms with Crippen molar-refractivity contribution in [2.24, 2.45) is 0 Å². The Morgan fingerprint density at radius 2 is 2.12 bits per heavy atom. The van der Waals surface area contributed by atoms with E-state index in [1.807, 2.05) is 6.92 Å². The number of hydrogen-bond acceptors (Lipinski definition) is 5. The molecule has 0 heterocycles. The van der Waals surface area contributed by atoms with E-state index in [0.717, 1.165) is 4.47 Å². The molecule has 0 aliphatic heterocycles. The molecular weight excluding hydrogens is 388 g/mol. The Hall–Kier alpha value is -2.85. The molecule has 0 N–H and O–H groups in total. The molecule has 25 heavy (non-hydrogen) atoms. The van der Waals surface area contributed by atoms with Gasteiger partial charge in [0.25, 0.3) is 5.69 Å². The molecular formula is C18H15BrN2O4. The Kier molecular flexibility index (Phi) is 6.14. The summed E-state index contributed by atoms with van der Waals surface area (Å²) in [5, 5.41) is 20.4. The smallest absolute Gasteiger partial charge is 0.270 e. The van der Waals surface area contributed by atoms with Gasteiger partial charge in [0.15, 0.2) is 11.5 Å². The van der Waals surface area contributed by atoms with E-state index in [1.165, 1.54) is 19.2 Å². The molecule has 2 aromatic rings. The molecule has 2 aromatic carbocycles. The van der Waals surface area contributed by atoms with Crippen LogP contribution in [0.5, 0.6) is 11.5 Å². The lowest BCUT2D eigenvalue weighted by Gasteiger charge is -2.11. The lowest BCUT2D eigenvalue weighted by molar-refractivity contribution is -0.384. The Labute approximate surface area is 153 Å². The number of halogens is 1. The minimum absolute atomic E-state index is 0.0676. The predicted octanol–water partition coefficient (Wildman–Crippen LogP) is 4.83. The van der Waals surface area contributed by atoms with Crippen LogP contribution in [0.3, 0.4) is 0 Å². The average molecular weight is 403 g/mol. The van der Waals surface area contributed by atoms with Gasteiger partial charge in [-0.1, -0.05) is 28.1 Å². The summed E-state index contributed by atoms with van der Waals surface area (Å²) in [7, 11) is 1.53. The van der Waals surface area contributed by atoms with Crippen LogP contribution in [-0.2, 0) is 0 Å². The SMILES string of the molecule is CCOc1cc(Br)c(/C=C(/C#N)c2cccc([N+](=O)[O-])c2)cc1OC. The summed E-state index contributed by atoms with van der Waals surface area (Å²) in [6, 6.07) is 11.5. The van der Waals surface area contributed by atoms with Crippen LogP contribution in [0.4, 0.5) is 5.69 Å². The number of nitrogens with zero attached hydrogens (tertiary/aromatic N) is 2. The van der Waals surface area contributed by atoms with Crippen molar-refractivity contribution in [2.75, 3.05) is 13.7 Å². The largest absolute Gasteiger partial charge is 0.493 e. The highest BCUT2D eigenvalue weighted by Crippen LogP contribution is 2.35. The van der Waals surface area contributed by atoms with E-state index in [4.69, 9.17) is 9.47 Å². The second kappa shape index (κ2) is 8.31. The Morgan fingerprint density at radius 1 is 1.36 bits per heavy atom. The normalized spacial score (nSPS) is 10.9. The zero-order valence-electron chi connectivity index (χ0n) is 13.7. The molecule has 0 aliphatic carbocycles. The van der Waals surface area contributed by atoms with Gasteiger partial charge in [-0.15, -0.1) is 0 Å². The van der Waals surface area contributed by atoms with Crippen LogP contribution in [-0.4, -0.2) is 18.6 Å². The summed E-state index contributed by atoms with van der Waals surface area (Å²) in [6.07, 6.45) is 1.64. The maximum Gasteiger partial charge on any atom is 0.270 e. The molecule has 0 radical (unpaired) electrons. The van der Waals surface area contributed by atoms with E-state index < -0.39 is 4.92 Å². The van der Waals surface area contributed by atoms with Crippen molar-refractivity contribution in [3.8, 4) is 17.6 Å². The van der Waals surface area contributed by atoms with E-state index in [1.54, 1.807) is 30.3 Å². The number of methoxy groups -OCH3 is 1. The van der Waals surface area contributed by atoms with Gasteiger partial charge in [0.2, 0.25) is 0 Å². The first kappa shape index (κ1) is 18.5. The average Bonchev–Trinajstić information content (AvgIpc) is 2.61. The second-order valence-corrected chi connectivity index (χ2v) is 5.79. The first-order chi connectivity index (χ1) is 12.0. The summed E-state index contributed by atoms with van der Waals surface area (Å²) in [5.41, 5.74) is 1.40. The monoisotopic (exact) mass is 402 g/mol. The number of rotatable bonds is 6. The number of benzene rings is 2. The molecule has 2 rings (SSSR count). The number of allylic oxidation sites excluding steroid dienone is 1. The molecule has 0 aliphatic rings. The van der Waals surface area contributed by atoms with Gasteiger partial charge in [-0.05, 0) is 36.3 Å². The molecule has 0 amide bonds. The number of hydrogen-bond donors (Lipinski definition) is 0. The van der Waals surface area contributed by atoms with Gasteiger partial charge in [-0.3, -0.25) is 10.1 Å². The highest BCUT2D eigenvalue weighted by molar-refractivity contribution is 9.10. The van der Waals surface area contributed by atoms with Crippen LogP contribution < -0.4 is 9.47 Å². The van der Waals surface area contributed by atoms with Crippen LogP contribution >= 0.6 is 15.9 Å². The highest BCUT2D eigenvalue weighted by Gasteiger charge is 2.12. The molecule has 7 heteroatoms. The third-order valence-electron chi connectivity index (χ3n) is 3.37. The summed E-state index contributed by atoms with van der Waals surface area (Å²) in [5.74, 6) is 1.12. The predicted molar refractivity (Wildman–Crippen MR) is 98.4 cm³/mol. The second-order valence-electron chi connectivity index (χ2n) is 4.93. The number of nitriles is 1. The van der Waals surface area contributed by atoms with E-state index in [2.05, 4.69) is 22.0 Å². The maximum absolute atomic E-state index is 10.9. The maximum atomic E-state index is 10.9. The van der Waals surface area contributed by atoms with Gasteiger partial charge in [0, 0.05) is 16.6 Å². The van der Waals surface area contributed by atoms with E-state index in [-0.39, 0.29) is 5.69 Å². The van der Waals surface area contributed by atoms with Crippen molar-refractivity contribution < 1.29 is 14.4 Å². The molecule has 0 unspecified atom stereocenters. The standard InChI is InChI=1S/C18H15BrN2O4/c1-3-25-18-10-16(19)13(9-17(18)24-2)7-14(11-20)12-5-4-6-15(8-12)21(22)23/h4-10H,3H2,1-2H3/b14-7-. The van der Waals surface area contributed by atoms with E-state index in [9.17, 15) is 15.4 Å². The Morgan fingerprint density at radius 3 is 2.72 bits per heavy atom. The van der Waals surface area contributed by atoms with Crippen molar-refractivity contribution in [1.29, 1.82) is 5.26 Å². The molecule has 0 saturated carbocycles. The van der Waals surface area contributed by atoms with Crippen molar-refractivity contribution in [3.05, 3.63) is 62.1 Å². The Bertz CT molecular complexity index is 872. The van der Waals surface area contributed by atoms with Crippen LogP contribution in [0, 0.1) is 21.4 Å². The third-order valence-corrected chi connectivity index (χ3v) is 4.06. The van der Waals surface area contributed by atoms with Crippen LogP contribution in [0.15, 0.2) is 40.9 Å². The summed E-state index contributed by atoms with van der Waals surface area (Å²) in [6.45, 7) is 2.37. The van der Waals surface area contributed by atoms with Gasteiger partial charge >= 0.3 is 0 Å². The van der Waals surface area contributed by atoms with E-state index >= 15 is 0 Å². The van der Waals surface area contributed by atoms with Crippen molar-refractivity contribution in [2.45, 2.75) is 6.92 Å². The summed E-state index contributed by atoms with van der Waals surface area (Å²) >= 11 is 3.45. The fourth-order valence-electron chi connectivity index (χ4n) is 2.21. The fourth-order valence-corrected chi connectivity index (χ4v) is 2.65. The number of nitro benzene ring substituents is 1. The van der Waals surface area contributed by atoms with Crippen molar-refractivity contribution >= 4 is 33.3 Å². The molecule has 0 saturated heterocycles. The van der Waals surface area contributed by atoms with Crippen molar-refractivity contribution in [3.63, 3.8) is 0 Å². The molecule has 0 bridgehead atoms. The van der Waals surface area contributed by atoms with Crippen LogP contribution in [0.25, 0.3) is 11.6 Å². The zero-order valence-corrected chi connectivity index (χ0v) is 15.2. The number of ether oxygens (including phenoxy) is 2. The lowest BCUT2D eigenvalue weighted by Crippen LogP contribution is -1.96. The van der Waals surface area contributed by atoms with Gasteiger partial charge in [-0.25, -0.2) is 0 Å². The molecule has 0 fully saturated rings. The Balaban J connectivity index is 2.51. The fraction of sp³-hybridized carbons (Fsp3) is 0.167. The summed E-state index contributed by atoms with van der Waals surface area (Å²) in [4.78, 5) is 10.4. The molecule has 6 nitrogen and oxygen atoms in total. The quantitative estimate of drug-likeness (QED) is 0.299. The van der Waals surface area contributed by atoms with Crippen LogP contribution in [0.2, 0.25) is 0 Å². The molecule has 0 atom stereocenters. The number of non-ortho nitro benzene ring substituents is 1. The third kappa shape index (κ3) is 4.37. The molecule has 0 spiro atoms. The summed E-state index contributed by atoms with van der Waals surface area (Å²) < 4.78 is 11.5. The van der Waals surface area contributed by atoms with Gasteiger partial charge in [0.1, 0.15) is 0 Å². The first-order valence-electron chi connectivity index (χ1n) is 7.37. The van der Waals surface area contributed by atoms with Crippen molar-refractivity contribution in [1.82, 2.24) is 0 Å². The minimum atomic E-state index is -0.492. The zero-order chi connectivity index (χ0) is 18.4.